The molecule has 1 aromatic carbocycles. The summed E-state index contributed by atoms with van der Waals surface area (Å²) in [5.74, 6) is -0.511. The second-order valence-corrected chi connectivity index (χ2v) is 7.30. The third-order valence-corrected chi connectivity index (χ3v) is 5.38. The van der Waals surface area contributed by atoms with Gasteiger partial charge in [-0.25, -0.2) is 4.39 Å². The molecule has 0 bridgehead atoms. The van der Waals surface area contributed by atoms with Gasteiger partial charge >= 0.3 is 0 Å². The second-order valence-electron chi connectivity index (χ2n) is 7.30. The van der Waals surface area contributed by atoms with Crippen molar-refractivity contribution in [3.8, 4) is 6.07 Å². The standard InChI is InChI=1S/C19H24FN3O2/c20-16-6-4-15(5-7-16)19(25)10-11-23(14-19)12-17(24)22-18(13-21)8-2-1-3-9-18/h4-7,25H,1-3,8-12,14H2,(H,22,24). The van der Waals surface area contributed by atoms with Gasteiger partial charge in [-0.2, -0.15) is 5.26 Å². The van der Waals surface area contributed by atoms with Crippen molar-refractivity contribution in [2.75, 3.05) is 19.6 Å². The fourth-order valence-corrected chi connectivity index (χ4v) is 3.93. The Bertz CT molecular complexity index is 664. The molecule has 1 aliphatic heterocycles. The number of β-amino-alcohol motifs (C(OH)–C–C–N with tert-alkyl or cyclic N) is 1. The Kier molecular flexibility index (Phi) is 5.07. The van der Waals surface area contributed by atoms with Crippen LogP contribution in [0.4, 0.5) is 4.39 Å². The molecule has 2 aliphatic rings. The molecule has 1 aliphatic carbocycles. The van der Waals surface area contributed by atoms with Crippen molar-refractivity contribution < 1.29 is 14.3 Å². The monoisotopic (exact) mass is 345 g/mol. The van der Waals surface area contributed by atoms with E-state index < -0.39 is 11.1 Å². The smallest absolute Gasteiger partial charge is 0.235 e. The average Bonchev–Trinajstić information content (AvgIpc) is 2.98. The fraction of sp³-hybridized carbons (Fsp3) is 0.579. The van der Waals surface area contributed by atoms with E-state index in [9.17, 15) is 19.6 Å². The van der Waals surface area contributed by atoms with E-state index in [2.05, 4.69) is 11.4 Å². The Labute approximate surface area is 147 Å². The number of nitrogens with one attached hydrogen (secondary N) is 1. The molecule has 2 fully saturated rings. The number of amides is 1. The molecule has 0 aromatic heterocycles. The largest absolute Gasteiger partial charge is 0.384 e. The van der Waals surface area contributed by atoms with Gasteiger partial charge in [0, 0.05) is 13.1 Å². The fourth-order valence-electron chi connectivity index (χ4n) is 3.93. The third-order valence-electron chi connectivity index (χ3n) is 5.38. The van der Waals surface area contributed by atoms with Gasteiger partial charge in [0.1, 0.15) is 17.0 Å². The first-order valence-corrected chi connectivity index (χ1v) is 8.88. The molecule has 3 rings (SSSR count). The minimum Gasteiger partial charge on any atom is -0.384 e. The van der Waals surface area contributed by atoms with E-state index in [4.69, 9.17) is 0 Å². The van der Waals surface area contributed by atoms with Gasteiger partial charge in [0.05, 0.1) is 12.6 Å². The van der Waals surface area contributed by atoms with Gasteiger partial charge < -0.3 is 10.4 Å². The summed E-state index contributed by atoms with van der Waals surface area (Å²) in [4.78, 5) is 14.3. The molecule has 5 nitrogen and oxygen atoms in total. The lowest BCUT2D eigenvalue weighted by atomic mass is 9.83. The van der Waals surface area contributed by atoms with Crippen LogP contribution < -0.4 is 5.32 Å². The molecule has 134 valence electrons. The molecular formula is C19H24FN3O2. The molecule has 1 amide bonds. The summed E-state index contributed by atoms with van der Waals surface area (Å²) in [7, 11) is 0. The molecule has 0 radical (unpaired) electrons. The first-order valence-electron chi connectivity index (χ1n) is 8.88. The Morgan fingerprint density at radius 3 is 2.56 bits per heavy atom. The average molecular weight is 345 g/mol. The van der Waals surface area contributed by atoms with Gasteiger partial charge in [-0.15, -0.1) is 0 Å². The van der Waals surface area contributed by atoms with Gasteiger partial charge in [-0.05, 0) is 37.0 Å². The number of hydrogen-bond acceptors (Lipinski definition) is 4. The van der Waals surface area contributed by atoms with E-state index in [1.54, 1.807) is 12.1 Å². The maximum atomic E-state index is 13.1. The number of carbonyl (C=O) groups is 1. The van der Waals surface area contributed by atoms with Crippen molar-refractivity contribution in [2.45, 2.75) is 49.7 Å². The number of likely N-dealkylation sites (tertiary alicyclic amines) is 1. The number of hydrogen-bond donors (Lipinski definition) is 2. The quantitative estimate of drug-likeness (QED) is 0.876. The summed E-state index contributed by atoms with van der Waals surface area (Å²) in [6.45, 7) is 1.07. The maximum absolute atomic E-state index is 13.1. The van der Waals surface area contributed by atoms with E-state index in [0.717, 1.165) is 19.3 Å². The van der Waals surface area contributed by atoms with Crippen LogP contribution in [0.3, 0.4) is 0 Å². The van der Waals surface area contributed by atoms with Crippen LogP contribution >= 0.6 is 0 Å². The van der Waals surface area contributed by atoms with Crippen LogP contribution in [0.1, 0.15) is 44.1 Å². The number of aliphatic hydroxyl groups is 1. The van der Waals surface area contributed by atoms with Gasteiger partial charge in [-0.1, -0.05) is 31.4 Å². The van der Waals surface area contributed by atoms with Crippen molar-refractivity contribution in [1.29, 1.82) is 5.26 Å². The second kappa shape index (κ2) is 7.11. The number of nitriles is 1. The first kappa shape index (κ1) is 17.8. The van der Waals surface area contributed by atoms with Crippen LogP contribution in [0.2, 0.25) is 0 Å². The predicted molar refractivity (Wildman–Crippen MR) is 90.9 cm³/mol. The van der Waals surface area contributed by atoms with Crippen LogP contribution in [0, 0.1) is 17.1 Å². The number of halogens is 1. The van der Waals surface area contributed by atoms with Crippen molar-refractivity contribution in [2.24, 2.45) is 0 Å². The first-order chi connectivity index (χ1) is 11.9. The summed E-state index contributed by atoms with van der Waals surface area (Å²) < 4.78 is 13.1. The SMILES string of the molecule is N#CC1(NC(=O)CN2CCC(O)(c3ccc(F)cc3)C2)CCCCC1. The van der Waals surface area contributed by atoms with Crippen LogP contribution in [0.15, 0.2) is 24.3 Å². The molecular weight excluding hydrogens is 321 g/mol. The summed E-state index contributed by atoms with van der Waals surface area (Å²) in [6, 6.07) is 8.13. The van der Waals surface area contributed by atoms with Gasteiger partial charge in [0.15, 0.2) is 0 Å². The lowest BCUT2D eigenvalue weighted by Crippen LogP contribution is -2.51. The van der Waals surface area contributed by atoms with Gasteiger partial charge in [-0.3, -0.25) is 9.69 Å². The molecule has 1 heterocycles. The van der Waals surface area contributed by atoms with Crippen molar-refractivity contribution >= 4 is 5.91 Å². The lowest BCUT2D eigenvalue weighted by molar-refractivity contribution is -0.123. The minimum absolute atomic E-state index is 0.160. The number of rotatable bonds is 4. The van der Waals surface area contributed by atoms with E-state index in [-0.39, 0.29) is 18.3 Å². The molecule has 1 aromatic rings. The van der Waals surface area contributed by atoms with Crippen LogP contribution in [-0.4, -0.2) is 41.1 Å². The van der Waals surface area contributed by atoms with Crippen LogP contribution in [-0.2, 0) is 10.4 Å². The molecule has 1 saturated heterocycles. The zero-order valence-electron chi connectivity index (χ0n) is 14.3. The summed E-state index contributed by atoms with van der Waals surface area (Å²) >= 11 is 0. The minimum atomic E-state index is -1.06. The van der Waals surface area contributed by atoms with E-state index in [1.165, 1.54) is 12.1 Å². The van der Waals surface area contributed by atoms with Crippen molar-refractivity contribution in [3.63, 3.8) is 0 Å². The van der Waals surface area contributed by atoms with Crippen LogP contribution in [0.5, 0.6) is 0 Å². The normalized spacial score (nSPS) is 26.1. The predicted octanol–water partition coefficient (Wildman–Crippen LogP) is 2.06. The van der Waals surface area contributed by atoms with Crippen molar-refractivity contribution in [3.05, 3.63) is 35.6 Å². The number of carbonyl (C=O) groups excluding carboxylic acids is 1. The highest BCUT2D eigenvalue weighted by molar-refractivity contribution is 5.79. The zero-order valence-corrected chi connectivity index (χ0v) is 14.3. The molecule has 1 atom stereocenters. The van der Waals surface area contributed by atoms with E-state index in [1.807, 2.05) is 4.90 Å². The molecule has 1 saturated carbocycles. The van der Waals surface area contributed by atoms with Gasteiger partial charge in [0.25, 0.3) is 0 Å². The zero-order chi connectivity index (χ0) is 17.9. The van der Waals surface area contributed by atoms with Crippen molar-refractivity contribution in [1.82, 2.24) is 10.2 Å². The molecule has 6 heteroatoms. The highest BCUT2D eigenvalue weighted by Gasteiger charge is 2.39. The Morgan fingerprint density at radius 1 is 1.24 bits per heavy atom. The molecule has 1 unspecified atom stereocenters. The Hall–Kier alpha value is -1.97. The number of benzene rings is 1. The van der Waals surface area contributed by atoms with E-state index in [0.29, 0.717) is 37.9 Å². The molecule has 25 heavy (non-hydrogen) atoms. The number of nitrogens with zero attached hydrogens (tertiary/aromatic N) is 2. The molecule has 2 N–H and O–H groups in total. The lowest BCUT2D eigenvalue weighted by Gasteiger charge is -2.32. The highest BCUT2D eigenvalue weighted by atomic mass is 19.1. The highest BCUT2D eigenvalue weighted by Crippen LogP contribution is 2.32. The maximum Gasteiger partial charge on any atom is 0.235 e. The summed E-state index contributed by atoms with van der Waals surface area (Å²) in [5.41, 5.74) is -1.13. The topological polar surface area (TPSA) is 76.4 Å². The summed E-state index contributed by atoms with van der Waals surface area (Å²) in [5, 5.41) is 23.2. The van der Waals surface area contributed by atoms with Gasteiger partial charge in [0.2, 0.25) is 5.91 Å². The third kappa shape index (κ3) is 4.00. The van der Waals surface area contributed by atoms with Crippen LogP contribution in [0.25, 0.3) is 0 Å². The Morgan fingerprint density at radius 2 is 1.92 bits per heavy atom. The summed E-state index contributed by atoms with van der Waals surface area (Å²) in [6.07, 6.45) is 4.93. The van der Waals surface area contributed by atoms with E-state index >= 15 is 0 Å². The Balaban J connectivity index is 1.58. The molecule has 0 spiro atoms.